The number of para-hydroxylation sites is 2. The molecule has 30 heavy (non-hydrogen) atoms. The molecule has 0 spiro atoms. The minimum absolute atomic E-state index is 0.645. The van der Waals surface area contributed by atoms with Crippen molar-refractivity contribution in [3.8, 4) is 22.9 Å². The fourth-order valence-electron chi connectivity index (χ4n) is 3.55. The van der Waals surface area contributed by atoms with Gasteiger partial charge in [-0.3, -0.25) is 9.97 Å². The molecule has 4 aromatic heterocycles. The first-order chi connectivity index (χ1) is 14.7. The number of aromatic nitrogens is 8. The van der Waals surface area contributed by atoms with Crippen molar-refractivity contribution in [1.29, 1.82) is 0 Å². The van der Waals surface area contributed by atoms with Crippen LogP contribution in [0.5, 0.6) is 0 Å². The van der Waals surface area contributed by atoms with E-state index in [2.05, 4.69) is 30.0 Å². The maximum Gasteiger partial charge on any atom is 0.182 e. The summed E-state index contributed by atoms with van der Waals surface area (Å²) < 4.78 is 1.82. The van der Waals surface area contributed by atoms with E-state index in [0.717, 1.165) is 44.7 Å². The number of hydrogen-bond acceptors (Lipinski definition) is 6. The number of H-pyrrole nitrogens is 1. The molecule has 0 saturated carbocycles. The molecule has 0 aliphatic carbocycles. The van der Waals surface area contributed by atoms with Crippen molar-refractivity contribution in [3.63, 3.8) is 0 Å². The Hall–Kier alpha value is -4.20. The number of rotatable bonds is 2. The van der Waals surface area contributed by atoms with Crippen LogP contribution in [0.1, 0.15) is 11.4 Å². The van der Waals surface area contributed by atoms with Gasteiger partial charge in [0.1, 0.15) is 5.69 Å². The van der Waals surface area contributed by atoms with Gasteiger partial charge in [0.2, 0.25) is 0 Å². The normalized spacial score (nSPS) is 11.7. The zero-order chi connectivity index (χ0) is 20.2. The Morgan fingerprint density at radius 2 is 1.70 bits per heavy atom. The highest BCUT2D eigenvalue weighted by molar-refractivity contribution is 5.84. The largest absolute Gasteiger partial charge is 0.337 e. The fraction of sp³-hybridized carbons (Fsp3) is 0.0909. The molecule has 144 valence electrons. The second-order valence-corrected chi connectivity index (χ2v) is 7.22. The minimum Gasteiger partial charge on any atom is -0.337 e. The van der Waals surface area contributed by atoms with Gasteiger partial charge in [-0.05, 0) is 44.2 Å². The second-order valence-electron chi connectivity index (χ2n) is 7.22. The Morgan fingerprint density at radius 3 is 2.57 bits per heavy atom. The van der Waals surface area contributed by atoms with Gasteiger partial charge in [0.05, 0.1) is 39.7 Å². The summed E-state index contributed by atoms with van der Waals surface area (Å²) in [5, 5.41) is 4.65. The van der Waals surface area contributed by atoms with Crippen LogP contribution in [0.3, 0.4) is 0 Å². The Balaban J connectivity index is 1.45. The van der Waals surface area contributed by atoms with Crippen LogP contribution in [-0.2, 0) is 0 Å². The molecular weight excluding hydrogens is 376 g/mol. The quantitative estimate of drug-likeness (QED) is 0.480. The van der Waals surface area contributed by atoms with Gasteiger partial charge in [0.15, 0.2) is 17.3 Å². The number of nitrogens with one attached hydrogen (secondary N) is 1. The Kier molecular flexibility index (Phi) is 3.43. The third-order valence-corrected chi connectivity index (χ3v) is 5.14. The summed E-state index contributed by atoms with van der Waals surface area (Å²) in [7, 11) is 0. The van der Waals surface area contributed by atoms with Crippen LogP contribution in [0, 0.1) is 13.8 Å². The topological polar surface area (TPSA) is 97.5 Å². The molecule has 0 aliphatic rings. The van der Waals surface area contributed by atoms with Crippen molar-refractivity contribution in [2.75, 3.05) is 0 Å². The van der Waals surface area contributed by atoms with Crippen LogP contribution in [0.2, 0.25) is 0 Å². The molecule has 8 nitrogen and oxygen atoms in total. The molecule has 6 rings (SSSR count). The summed E-state index contributed by atoms with van der Waals surface area (Å²) in [6.07, 6.45) is 3.54. The van der Waals surface area contributed by atoms with Gasteiger partial charge in [-0.15, -0.1) is 5.10 Å². The van der Waals surface area contributed by atoms with E-state index in [1.165, 1.54) is 0 Å². The summed E-state index contributed by atoms with van der Waals surface area (Å²) in [4.78, 5) is 26.3. The summed E-state index contributed by atoms with van der Waals surface area (Å²) in [6, 6.07) is 13.7. The number of benzene rings is 2. The molecule has 2 aromatic carbocycles. The van der Waals surface area contributed by atoms with E-state index >= 15 is 0 Å². The number of fused-ring (bicyclic) bond motifs is 3. The Labute approximate surface area is 170 Å². The van der Waals surface area contributed by atoms with Crippen molar-refractivity contribution in [2.24, 2.45) is 0 Å². The van der Waals surface area contributed by atoms with E-state index in [1.54, 1.807) is 12.4 Å². The molecule has 0 aliphatic heterocycles. The third-order valence-electron chi connectivity index (χ3n) is 5.14. The van der Waals surface area contributed by atoms with Crippen molar-refractivity contribution in [2.45, 2.75) is 13.8 Å². The van der Waals surface area contributed by atoms with E-state index < -0.39 is 0 Å². The number of aromatic amines is 1. The first-order valence-corrected chi connectivity index (χ1v) is 9.57. The summed E-state index contributed by atoms with van der Waals surface area (Å²) in [6.45, 7) is 3.90. The van der Waals surface area contributed by atoms with Gasteiger partial charge in [0, 0.05) is 11.8 Å². The third kappa shape index (κ3) is 2.54. The fourth-order valence-corrected chi connectivity index (χ4v) is 3.55. The van der Waals surface area contributed by atoms with Crippen molar-refractivity contribution in [1.82, 2.24) is 39.5 Å². The van der Waals surface area contributed by atoms with Crippen LogP contribution in [0.4, 0.5) is 0 Å². The summed E-state index contributed by atoms with van der Waals surface area (Å²) in [5.74, 6) is 1.32. The molecule has 0 unspecified atom stereocenters. The summed E-state index contributed by atoms with van der Waals surface area (Å²) in [5.41, 5.74) is 7.58. The smallest absolute Gasteiger partial charge is 0.182 e. The van der Waals surface area contributed by atoms with Crippen molar-refractivity contribution in [3.05, 3.63) is 66.2 Å². The van der Waals surface area contributed by atoms with E-state index in [9.17, 15) is 0 Å². The average molecular weight is 392 g/mol. The highest BCUT2D eigenvalue weighted by atomic mass is 15.3. The van der Waals surface area contributed by atoms with Gasteiger partial charge in [0.25, 0.3) is 0 Å². The maximum atomic E-state index is 4.73. The molecule has 0 saturated heterocycles. The minimum atomic E-state index is 0.645. The summed E-state index contributed by atoms with van der Waals surface area (Å²) >= 11 is 0. The monoisotopic (exact) mass is 392 g/mol. The lowest BCUT2D eigenvalue weighted by molar-refractivity contribution is 0.891. The molecule has 0 atom stereocenters. The molecule has 0 radical (unpaired) electrons. The number of imidazole rings is 1. The molecule has 1 N–H and O–H groups in total. The lowest BCUT2D eigenvalue weighted by Crippen LogP contribution is -1.97. The Bertz CT molecular complexity index is 1540. The van der Waals surface area contributed by atoms with Crippen LogP contribution in [0.25, 0.3) is 50.6 Å². The van der Waals surface area contributed by atoms with Gasteiger partial charge >= 0.3 is 0 Å². The van der Waals surface area contributed by atoms with Gasteiger partial charge in [-0.2, -0.15) is 0 Å². The zero-order valence-electron chi connectivity index (χ0n) is 16.3. The van der Waals surface area contributed by atoms with Crippen LogP contribution < -0.4 is 0 Å². The standard InChI is InChI=1S/C22H16N8/c1-12-10-23-13(2)22-28-20(29-30(12)22)14-7-8-17-18(9-14)27-21(26-17)19-11-24-15-5-3-4-6-16(15)25-19/h3-11H,1-2H3,(H,26,27). The van der Waals surface area contributed by atoms with Crippen molar-refractivity contribution >= 4 is 27.7 Å². The van der Waals surface area contributed by atoms with E-state index in [-0.39, 0.29) is 0 Å². The van der Waals surface area contributed by atoms with Crippen LogP contribution in [0.15, 0.2) is 54.9 Å². The van der Waals surface area contributed by atoms with E-state index in [0.29, 0.717) is 17.3 Å². The average Bonchev–Trinajstić information content (AvgIpc) is 3.41. The Morgan fingerprint density at radius 1 is 0.833 bits per heavy atom. The zero-order valence-corrected chi connectivity index (χ0v) is 16.3. The van der Waals surface area contributed by atoms with Gasteiger partial charge in [-0.25, -0.2) is 19.5 Å². The van der Waals surface area contributed by atoms with Gasteiger partial charge < -0.3 is 4.98 Å². The van der Waals surface area contributed by atoms with E-state index in [4.69, 9.17) is 4.98 Å². The van der Waals surface area contributed by atoms with E-state index in [1.807, 2.05) is 60.8 Å². The van der Waals surface area contributed by atoms with Crippen molar-refractivity contribution < 1.29 is 0 Å². The molecule has 0 amide bonds. The lowest BCUT2D eigenvalue weighted by atomic mass is 10.2. The second kappa shape index (κ2) is 6.15. The van der Waals surface area contributed by atoms with Crippen LogP contribution >= 0.6 is 0 Å². The molecule has 8 heteroatoms. The predicted octanol–water partition coefficient (Wildman–Crippen LogP) is 3.89. The predicted molar refractivity (Wildman–Crippen MR) is 114 cm³/mol. The van der Waals surface area contributed by atoms with Crippen LogP contribution in [-0.4, -0.2) is 39.5 Å². The first-order valence-electron chi connectivity index (χ1n) is 9.57. The maximum absolute atomic E-state index is 4.73. The highest BCUT2D eigenvalue weighted by Crippen LogP contribution is 2.25. The number of aryl methyl sites for hydroxylation is 2. The highest BCUT2D eigenvalue weighted by Gasteiger charge is 2.13. The molecule has 0 bridgehead atoms. The SMILES string of the molecule is Cc1ncc(C)n2nc(-c3ccc4[nH]c(-c5cnc6ccccc6n5)nc4c3)nc12. The number of hydrogen-bond donors (Lipinski definition) is 1. The van der Waals surface area contributed by atoms with Gasteiger partial charge in [-0.1, -0.05) is 12.1 Å². The molecule has 6 aromatic rings. The first kappa shape index (κ1) is 16.7. The molecular formula is C22H16N8. The molecule has 4 heterocycles. The number of nitrogens with zero attached hydrogens (tertiary/aromatic N) is 7. The molecule has 0 fully saturated rings. The lowest BCUT2D eigenvalue weighted by Gasteiger charge is -1.98.